The number of ether oxygens (including phenoxy) is 1. The lowest BCUT2D eigenvalue weighted by Gasteiger charge is -2.15. The predicted octanol–water partition coefficient (Wildman–Crippen LogP) is 4.71. The van der Waals surface area contributed by atoms with Crippen LogP contribution >= 0.6 is 0 Å². The summed E-state index contributed by atoms with van der Waals surface area (Å²) < 4.78 is 5.44. The number of rotatable bonds is 5. The first-order valence-electron chi connectivity index (χ1n) is 9.15. The molecular weight excluding hydrogens is 384 g/mol. The number of fused-ring (bicyclic) bond motifs is 3. The number of aliphatic imine (C=N–C) groups is 1. The molecule has 4 rings (SSSR count). The van der Waals surface area contributed by atoms with Gasteiger partial charge in [-0.2, -0.15) is 4.99 Å². The second-order valence-electron chi connectivity index (χ2n) is 6.69. The Kier molecular flexibility index (Phi) is 5.11. The van der Waals surface area contributed by atoms with Gasteiger partial charge in [-0.3, -0.25) is 5.32 Å². The van der Waals surface area contributed by atoms with Crippen LogP contribution in [-0.4, -0.2) is 29.9 Å². The third kappa shape index (κ3) is 3.57. The minimum absolute atomic E-state index is 0.0514. The van der Waals surface area contributed by atoms with E-state index in [1.54, 1.807) is 0 Å². The maximum absolute atomic E-state index is 12.4. The van der Waals surface area contributed by atoms with Crippen molar-refractivity contribution in [1.29, 1.82) is 0 Å². The molecule has 0 heterocycles. The van der Waals surface area contributed by atoms with Crippen LogP contribution in [0.2, 0.25) is 0 Å². The minimum atomic E-state index is -1.17. The van der Waals surface area contributed by atoms with Crippen LogP contribution in [0, 0.1) is 0 Å². The van der Waals surface area contributed by atoms with Crippen molar-refractivity contribution in [3.63, 3.8) is 0 Å². The van der Waals surface area contributed by atoms with E-state index in [1.165, 1.54) is 24.3 Å². The molecule has 1 aliphatic rings. The van der Waals surface area contributed by atoms with Gasteiger partial charge < -0.3 is 9.84 Å². The summed E-state index contributed by atoms with van der Waals surface area (Å²) in [6.07, 6.45) is 0.604. The van der Waals surface area contributed by atoms with E-state index in [-0.39, 0.29) is 29.5 Å². The summed E-state index contributed by atoms with van der Waals surface area (Å²) in [4.78, 5) is 37.7. The molecule has 0 saturated carbocycles. The monoisotopic (exact) mass is 400 g/mol. The van der Waals surface area contributed by atoms with Gasteiger partial charge in [0.05, 0.1) is 16.9 Å². The quantitative estimate of drug-likeness (QED) is 0.476. The van der Waals surface area contributed by atoms with Crippen molar-refractivity contribution >= 4 is 29.5 Å². The van der Waals surface area contributed by atoms with Crippen molar-refractivity contribution < 1.29 is 24.2 Å². The Bertz CT molecular complexity index is 1150. The van der Waals surface area contributed by atoms with Crippen molar-refractivity contribution in [1.82, 2.24) is 0 Å². The molecule has 0 aliphatic heterocycles. The zero-order valence-corrected chi connectivity index (χ0v) is 15.7. The molecule has 7 heteroatoms. The molecular formula is C23H16N2O5. The Labute approximate surface area is 171 Å². The second-order valence-corrected chi connectivity index (χ2v) is 6.69. The minimum Gasteiger partial charge on any atom is -0.478 e. The van der Waals surface area contributed by atoms with Crippen molar-refractivity contribution in [3.05, 3.63) is 83.4 Å². The maximum atomic E-state index is 12.4. The molecule has 0 radical (unpaired) electrons. The third-order valence-electron chi connectivity index (χ3n) is 4.99. The van der Waals surface area contributed by atoms with Crippen LogP contribution in [0.3, 0.4) is 0 Å². The Morgan fingerprint density at radius 1 is 1.00 bits per heavy atom. The highest BCUT2D eigenvalue weighted by Gasteiger charge is 2.29. The van der Waals surface area contributed by atoms with E-state index in [2.05, 4.69) is 10.3 Å². The van der Waals surface area contributed by atoms with Crippen LogP contribution in [-0.2, 0) is 9.53 Å². The number of hydrogen-bond acceptors (Lipinski definition) is 5. The molecule has 7 nitrogen and oxygen atoms in total. The Hall–Kier alpha value is -4.22. The van der Waals surface area contributed by atoms with Crippen LogP contribution in [0.25, 0.3) is 11.1 Å². The summed E-state index contributed by atoms with van der Waals surface area (Å²) in [5.41, 5.74) is 4.45. The average Bonchev–Trinajstić information content (AvgIpc) is 3.07. The first kappa shape index (κ1) is 19.1. The van der Waals surface area contributed by atoms with Gasteiger partial charge >= 0.3 is 12.1 Å². The van der Waals surface area contributed by atoms with Gasteiger partial charge in [0.25, 0.3) is 0 Å². The van der Waals surface area contributed by atoms with Crippen molar-refractivity contribution in [2.24, 2.45) is 4.99 Å². The molecule has 3 aromatic carbocycles. The topological polar surface area (TPSA) is 105 Å². The fourth-order valence-corrected chi connectivity index (χ4v) is 3.66. The summed E-state index contributed by atoms with van der Waals surface area (Å²) >= 11 is 0. The summed E-state index contributed by atoms with van der Waals surface area (Å²) in [5.74, 6) is -1.28. The number of nitrogens with zero attached hydrogens (tertiary/aromatic N) is 1. The molecule has 2 N–H and O–H groups in total. The second kappa shape index (κ2) is 8.03. The molecule has 3 aromatic rings. The summed E-state index contributed by atoms with van der Waals surface area (Å²) in [5, 5.41) is 11.6. The van der Waals surface area contributed by atoms with Gasteiger partial charge in [-0.15, -0.1) is 0 Å². The number of carbonyl (C=O) groups is 2. The number of isocyanates is 1. The molecule has 1 aliphatic carbocycles. The molecule has 0 aromatic heterocycles. The highest BCUT2D eigenvalue weighted by molar-refractivity contribution is 5.94. The number of nitrogens with one attached hydrogen (secondary N) is 1. The van der Waals surface area contributed by atoms with Gasteiger partial charge in [0.15, 0.2) is 0 Å². The van der Waals surface area contributed by atoms with Crippen LogP contribution in [0.5, 0.6) is 0 Å². The van der Waals surface area contributed by atoms with Crippen LogP contribution in [0.4, 0.5) is 16.2 Å². The Morgan fingerprint density at radius 2 is 1.63 bits per heavy atom. The zero-order valence-electron chi connectivity index (χ0n) is 15.7. The predicted molar refractivity (Wildman–Crippen MR) is 110 cm³/mol. The standard InChI is InChI=1S/C23H16N2O5/c26-13-24-20-10-9-14(22(27)28)11-21(20)25-23(29)30-12-19-17-7-3-1-5-15(17)16-6-2-4-8-18(16)19/h1-11,19H,12H2,(H,25,29)(H,27,28). The number of amides is 1. The van der Waals surface area contributed by atoms with Gasteiger partial charge in [-0.1, -0.05) is 48.5 Å². The van der Waals surface area contributed by atoms with Crippen LogP contribution < -0.4 is 5.32 Å². The molecule has 0 fully saturated rings. The highest BCUT2D eigenvalue weighted by atomic mass is 16.5. The number of carboxylic acids is 1. The number of carboxylic acid groups (broad SMARTS) is 1. The van der Waals surface area contributed by atoms with Crippen LogP contribution in [0.1, 0.15) is 27.4 Å². The van der Waals surface area contributed by atoms with E-state index in [4.69, 9.17) is 9.84 Å². The van der Waals surface area contributed by atoms with Gasteiger partial charge in [-0.25, -0.2) is 14.4 Å². The number of hydrogen-bond donors (Lipinski definition) is 2. The number of anilines is 1. The van der Waals surface area contributed by atoms with Crippen LogP contribution in [0.15, 0.2) is 71.7 Å². The normalized spacial score (nSPS) is 11.7. The summed E-state index contributed by atoms with van der Waals surface area (Å²) in [7, 11) is 0. The van der Waals surface area contributed by atoms with Gasteiger partial charge in [0, 0.05) is 5.92 Å². The first-order chi connectivity index (χ1) is 14.6. The average molecular weight is 400 g/mol. The molecule has 30 heavy (non-hydrogen) atoms. The lowest BCUT2D eigenvalue weighted by atomic mass is 9.98. The van der Waals surface area contributed by atoms with E-state index in [0.717, 1.165) is 22.3 Å². The van der Waals surface area contributed by atoms with E-state index in [0.29, 0.717) is 0 Å². The molecule has 148 valence electrons. The third-order valence-corrected chi connectivity index (χ3v) is 4.99. The summed E-state index contributed by atoms with van der Waals surface area (Å²) in [6.45, 7) is 0.102. The first-order valence-corrected chi connectivity index (χ1v) is 9.15. The molecule has 0 spiro atoms. The molecule has 0 unspecified atom stereocenters. The fourth-order valence-electron chi connectivity index (χ4n) is 3.66. The van der Waals surface area contributed by atoms with Gasteiger partial charge in [-0.05, 0) is 40.5 Å². The van der Waals surface area contributed by atoms with E-state index < -0.39 is 12.1 Å². The number of carbonyl (C=O) groups excluding carboxylic acids is 2. The number of aromatic carboxylic acids is 1. The molecule has 0 bridgehead atoms. The van der Waals surface area contributed by atoms with Gasteiger partial charge in [0.2, 0.25) is 6.08 Å². The van der Waals surface area contributed by atoms with Gasteiger partial charge in [0.1, 0.15) is 6.61 Å². The Morgan fingerprint density at radius 3 is 2.23 bits per heavy atom. The summed E-state index contributed by atoms with van der Waals surface area (Å²) in [6, 6.07) is 19.7. The zero-order chi connectivity index (χ0) is 21.1. The Balaban J connectivity index is 1.53. The lowest BCUT2D eigenvalue weighted by Crippen LogP contribution is -2.18. The smallest absolute Gasteiger partial charge is 0.411 e. The van der Waals surface area contributed by atoms with Crippen molar-refractivity contribution in [2.75, 3.05) is 11.9 Å². The largest absolute Gasteiger partial charge is 0.478 e. The molecule has 0 saturated heterocycles. The van der Waals surface area contributed by atoms with Crippen molar-refractivity contribution in [2.45, 2.75) is 5.92 Å². The van der Waals surface area contributed by atoms with E-state index >= 15 is 0 Å². The maximum Gasteiger partial charge on any atom is 0.411 e. The SMILES string of the molecule is O=C=Nc1ccc(C(=O)O)cc1NC(=O)OCC1c2ccccc2-c2ccccc21. The highest BCUT2D eigenvalue weighted by Crippen LogP contribution is 2.44. The van der Waals surface area contributed by atoms with Crippen molar-refractivity contribution in [3.8, 4) is 11.1 Å². The fraction of sp³-hybridized carbons (Fsp3) is 0.0870. The van der Waals surface area contributed by atoms with E-state index in [1.807, 2.05) is 48.5 Å². The number of benzene rings is 3. The molecule has 1 amide bonds. The molecule has 0 atom stereocenters. The lowest BCUT2D eigenvalue weighted by molar-refractivity contribution is 0.0696. The van der Waals surface area contributed by atoms with E-state index in [9.17, 15) is 14.4 Å².